The van der Waals surface area contributed by atoms with Crippen LogP contribution in [0.5, 0.6) is 0 Å². The molecule has 0 aromatic carbocycles. The molecule has 0 aromatic rings. The van der Waals surface area contributed by atoms with Gasteiger partial charge in [0.25, 0.3) is 0 Å². The van der Waals surface area contributed by atoms with Crippen molar-refractivity contribution in [2.45, 2.75) is 426 Å². The highest BCUT2D eigenvalue weighted by Crippen LogP contribution is 2.45. The Balaban J connectivity index is 5.23. The number of hydrogen-bond acceptors (Lipinski definition) is 15. The third-order valence-corrected chi connectivity index (χ3v) is 20.1. The summed E-state index contributed by atoms with van der Waals surface area (Å²) in [5.41, 5.74) is 0. The molecule has 0 radical (unpaired) electrons. The smallest absolute Gasteiger partial charge is 0.462 e. The second-order valence-electron chi connectivity index (χ2n) is 29.1. The van der Waals surface area contributed by atoms with Crippen LogP contribution in [0.2, 0.25) is 0 Å². The van der Waals surface area contributed by atoms with Crippen LogP contribution in [0.25, 0.3) is 0 Å². The molecule has 0 aliphatic heterocycles. The van der Waals surface area contributed by atoms with Gasteiger partial charge in [-0.05, 0) is 37.5 Å². The molecule has 0 saturated carbocycles. The molecule has 0 aliphatic carbocycles. The van der Waals surface area contributed by atoms with E-state index in [1.54, 1.807) is 0 Å². The van der Waals surface area contributed by atoms with Crippen LogP contribution in [-0.4, -0.2) is 96.7 Å². The van der Waals surface area contributed by atoms with Gasteiger partial charge in [-0.3, -0.25) is 37.3 Å². The number of phosphoric ester groups is 2. The number of unbranched alkanes of at least 4 members (excludes halogenated alkanes) is 47. The Morgan fingerprint density at radius 3 is 0.701 bits per heavy atom. The van der Waals surface area contributed by atoms with Gasteiger partial charge in [-0.1, -0.05) is 356 Å². The molecule has 3 N–H and O–H groups in total. The van der Waals surface area contributed by atoms with Gasteiger partial charge in [-0.15, -0.1) is 0 Å². The average Bonchev–Trinajstić information content (AvgIpc) is 1.03. The fraction of sp³-hybridized carbons (Fsp3) is 0.949. The van der Waals surface area contributed by atoms with Gasteiger partial charge in [0.05, 0.1) is 26.4 Å². The molecular weight excluding hydrogens is 1270 g/mol. The van der Waals surface area contributed by atoms with Crippen LogP contribution >= 0.6 is 15.6 Å². The second kappa shape index (κ2) is 69.8. The summed E-state index contributed by atoms with van der Waals surface area (Å²) in [6.45, 7) is 9.59. The van der Waals surface area contributed by atoms with Crippen molar-refractivity contribution in [2.24, 2.45) is 11.8 Å². The second-order valence-corrected chi connectivity index (χ2v) is 32.0. The number of carbonyl (C=O) groups excluding carboxylic acids is 4. The molecule has 0 heterocycles. The summed E-state index contributed by atoms with van der Waals surface area (Å²) in [7, 11) is -9.91. The van der Waals surface area contributed by atoms with Crippen molar-refractivity contribution in [2.75, 3.05) is 39.6 Å². The van der Waals surface area contributed by atoms with Crippen LogP contribution in [-0.2, 0) is 65.4 Å². The van der Waals surface area contributed by atoms with Crippen LogP contribution < -0.4 is 0 Å². The minimum atomic E-state index is -4.96. The highest BCUT2D eigenvalue weighted by Gasteiger charge is 2.30. The molecule has 0 bridgehead atoms. The van der Waals surface area contributed by atoms with E-state index in [9.17, 15) is 43.2 Å². The first kappa shape index (κ1) is 95.1. The Morgan fingerprint density at radius 2 is 0.474 bits per heavy atom. The minimum absolute atomic E-state index is 0.106. The van der Waals surface area contributed by atoms with E-state index in [-0.39, 0.29) is 25.7 Å². The van der Waals surface area contributed by atoms with E-state index in [1.165, 1.54) is 225 Å². The first-order valence-corrected chi connectivity index (χ1v) is 43.5. The van der Waals surface area contributed by atoms with Gasteiger partial charge in [0.2, 0.25) is 0 Å². The maximum absolute atomic E-state index is 13.1. The number of aliphatic hydroxyl groups is 1. The van der Waals surface area contributed by atoms with Crippen molar-refractivity contribution in [1.29, 1.82) is 0 Å². The summed E-state index contributed by atoms with van der Waals surface area (Å²) >= 11 is 0. The van der Waals surface area contributed by atoms with Gasteiger partial charge in [-0.2, -0.15) is 0 Å². The first-order valence-electron chi connectivity index (χ1n) is 40.5. The van der Waals surface area contributed by atoms with Crippen molar-refractivity contribution >= 4 is 39.5 Å². The average molecular weight is 1420 g/mol. The zero-order chi connectivity index (χ0) is 71.4. The summed E-state index contributed by atoms with van der Waals surface area (Å²) < 4.78 is 68.6. The van der Waals surface area contributed by atoms with Gasteiger partial charge in [-0.25, -0.2) is 9.13 Å². The molecule has 0 saturated heterocycles. The fourth-order valence-electron chi connectivity index (χ4n) is 12.0. The van der Waals surface area contributed by atoms with Crippen LogP contribution in [0.1, 0.15) is 408 Å². The van der Waals surface area contributed by atoms with E-state index < -0.39 is 97.5 Å². The van der Waals surface area contributed by atoms with E-state index in [1.807, 2.05) is 0 Å². The Labute approximate surface area is 594 Å². The minimum Gasteiger partial charge on any atom is -0.462 e. The number of aliphatic hydroxyl groups excluding tert-OH is 1. The van der Waals surface area contributed by atoms with Crippen LogP contribution in [0, 0.1) is 11.8 Å². The quantitative estimate of drug-likeness (QED) is 0.0222. The predicted molar refractivity (Wildman–Crippen MR) is 395 cm³/mol. The normalized spacial score (nSPS) is 14.0. The molecule has 0 aliphatic rings. The number of carbonyl (C=O) groups is 4. The number of esters is 4. The maximum atomic E-state index is 13.1. The number of ether oxygens (including phenoxy) is 4. The molecule has 19 heteroatoms. The molecular formula is C78H152O17P2. The fourth-order valence-corrected chi connectivity index (χ4v) is 13.6. The highest BCUT2D eigenvalue weighted by atomic mass is 31.2. The molecule has 576 valence electrons. The third kappa shape index (κ3) is 72.2. The maximum Gasteiger partial charge on any atom is 0.472 e. The van der Waals surface area contributed by atoms with Gasteiger partial charge in [0, 0.05) is 25.7 Å². The first-order chi connectivity index (χ1) is 46.9. The lowest BCUT2D eigenvalue weighted by Gasteiger charge is -2.21. The number of hydrogen-bond donors (Lipinski definition) is 3. The SMILES string of the molecule is CCCCCCCCCCCCCCCCCCCCCCC(=O)O[C@H](COC(=O)CCCCCCCCCCCCCC(C)C)COP(=O)(O)OC[C@@H](O)COP(=O)(O)OC[C@@H](COC(=O)CCCCCCCCCCCCC)OC(=O)CCCCCCCCCCCC(C)C. The van der Waals surface area contributed by atoms with Crippen molar-refractivity contribution in [3.8, 4) is 0 Å². The van der Waals surface area contributed by atoms with E-state index in [2.05, 4.69) is 41.5 Å². The lowest BCUT2D eigenvalue weighted by atomic mass is 10.0. The van der Waals surface area contributed by atoms with Crippen molar-refractivity contribution < 1.29 is 80.2 Å². The largest absolute Gasteiger partial charge is 0.472 e. The van der Waals surface area contributed by atoms with Gasteiger partial charge >= 0.3 is 39.5 Å². The van der Waals surface area contributed by atoms with Crippen LogP contribution in [0.4, 0.5) is 0 Å². The molecule has 17 nitrogen and oxygen atoms in total. The molecule has 0 fully saturated rings. The van der Waals surface area contributed by atoms with Crippen LogP contribution in [0.15, 0.2) is 0 Å². The molecule has 0 amide bonds. The lowest BCUT2D eigenvalue weighted by molar-refractivity contribution is -0.161. The van der Waals surface area contributed by atoms with E-state index in [4.69, 9.17) is 37.0 Å². The summed E-state index contributed by atoms with van der Waals surface area (Å²) in [5, 5.41) is 10.6. The molecule has 0 rings (SSSR count). The van der Waals surface area contributed by atoms with Crippen molar-refractivity contribution in [1.82, 2.24) is 0 Å². The molecule has 0 aromatic heterocycles. The standard InChI is InChI=1S/C78H152O17P2/c1-7-9-11-13-15-17-19-20-21-22-23-24-25-26-27-31-38-44-50-56-62-77(82)94-73(66-89-76(81)61-55-49-43-37-32-28-30-34-40-46-52-58-70(3)4)68-92-96(84,85)90-64-72(79)65-91-97(86,87)93-69-74(67-88-75(80)60-54-48-42-36-29-18-16-14-12-10-8-2)95-78(83)63-57-51-45-39-33-35-41-47-53-59-71(5)6/h70-74,79H,7-69H2,1-6H3,(H,84,85)(H,86,87)/t72-,73-,74-/m1/s1. The lowest BCUT2D eigenvalue weighted by Crippen LogP contribution is -2.30. The molecule has 2 unspecified atom stereocenters. The van der Waals surface area contributed by atoms with Crippen molar-refractivity contribution in [3.05, 3.63) is 0 Å². The third-order valence-electron chi connectivity index (χ3n) is 18.2. The predicted octanol–water partition coefficient (Wildman–Crippen LogP) is 23.1. The molecule has 0 spiro atoms. The van der Waals surface area contributed by atoms with E-state index in [0.29, 0.717) is 25.7 Å². The van der Waals surface area contributed by atoms with Crippen LogP contribution in [0.3, 0.4) is 0 Å². The molecule has 5 atom stereocenters. The number of phosphoric acid groups is 2. The summed E-state index contributed by atoms with van der Waals surface area (Å²) in [4.78, 5) is 72.9. The molecule has 97 heavy (non-hydrogen) atoms. The summed E-state index contributed by atoms with van der Waals surface area (Å²) in [6.07, 6.45) is 58.3. The monoisotopic (exact) mass is 1420 g/mol. The Bertz CT molecular complexity index is 1870. The van der Waals surface area contributed by atoms with Gasteiger partial charge in [0.15, 0.2) is 12.2 Å². The zero-order valence-corrected chi connectivity index (χ0v) is 65.2. The van der Waals surface area contributed by atoms with E-state index >= 15 is 0 Å². The van der Waals surface area contributed by atoms with E-state index in [0.717, 1.165) is 102 Å². The summed E-state index contributed by atoms with van der Waals surface area (Å²) in [6, 6.07) is 0. The zero-order valence-electron chi connectivity index (χ0n) is 63.4. The number of rotatable bonds is 77. The Hall–Kier alpha value is -1.94. The van der Waals surface area contributed by atoms with Crippen molar-refractivity contribution in [3.63, 3.8) is 0 Å². The topological polar surface area (TPSA) is 237 Å². The Kier molecular flexibility index (Phi) is 68.4. The van der Waals surface area contributed by atoms with Gasteiger partial charge in [0.1, 0.15) is 19.3 Å². The summed E-state index contributed by atoms with van der Waals surface area (Å²) in [5.74, 6) is -0.606. The Morgan fingerprint density at radius 1 is 0.278 bits per heavy atom. The van der Waals surface area contributed by atoms with Gasteiger partial charge < -0.3 is 33.8 Å². The highest BCUT2D eigenvalue weighted by molar-refractivity contribution is 7.47.